The second-order valence-corrected chi connectivity index (χ2v) is 2.60. The lowest BCUT2D eigenvalue weighted by molar-refractivity contribution is 0.902. The number of rotatable bonds is 2. The highest BCUT2D eigenvalue weighted by Gasteiger charge is 1.69. The third kappa shape index (κ3) is 7.69. The molecule has 0 spiro atoms. The molecule has 3 heteroatoms. The van der Waals surface area contributed by atoms with Gasteiger partial charge < -0.3 is 4.98 Å². The summed E-state index contributed by atoms with van der Waals surface area (Å²) >= 11 is 3.31. The topological polar surface area (TPSA) is 28.7 Å². The lowest BCUT2D eigenvalue weighted by Crippen LogP contribution is -1.64. The zero-order valence-electron chi connectivity index (χ0n) is 6.18. The minimum atomic E-state index is 1.16. The number of nitrogens with zero attached hydrogens (tertiary/aromatic N) is 1. The lowest BCUT2D eigenvalue weighted by atomic mass is 10.4. The summed E-state index contributed by atoms with van der Waals surface area (Å²) in [4.78, 5) is 6.42. The van der Waals surface area contributed by atoms with Gasteiger partial charge in [-0.3, -0.25) is 0 Å². The Morgan fingerprint density at radius 1 is 1.60 bits per heavy atom. The van der Waals surface area contributed by atoms with E-state index in [1.807, 2.05) is 0 Å². The maximum Gasteiger partial charge on any atom is 0.0919 e. The molecule has 0 radical (unpaired) electrons. The highest BCUT2D eigenvalue weighted by molar-refractivity contribution is 9.09. The number of imidazole rings is 1. The molecule has 1 heterocycles. The lowest BCUT2D eigenvalue weighted by Gasteiger charge is -1.77. The number of hydrogen-bond acceptors (Lipinski definition) is 1. The second kappa shape index (κ2) is 8.69. The minimum Gasteiger partial charge on any atom is -0.351 e. The van der Waals surface area contributed by atoms with Crippen molar-refractivity contribution in [2.75, 3.05) is 5.33 Å². The number of H-pyrrole nitrogens is 1. The molecule has 0 aliphatic rings. The SMILES string of the molecule is CCCCBr.c1c[nH]cn1. The predicted octanol–water partition coefficient (Wildman–Crippen LogP) is 2.59. The molecule has 1 aromatic heterocycles. The van der Waals surface area contributed by atoms with Gasteiger partial charge in [0.2, 0.25) is 0 Å². The summed E-state index contributed by atoms with van der Waals surface area (Å²) in [7, 11) is 0. The standard InChI is InChI=1S/C4H9Br.C3H4N2/c1-2-3-4-5;1-2-5-3-4-1/h2-4H2,1H3;1-3H,(H,4,5). The van der Waals surface area contributed by atoms with Crippen LogP contribution in [0.15, 0.2) is 18.7 Å². The molecule has 0 bridgehead atoms. The number of hydrogen-bond donors (Lipinski definition) is 1. The monoisotopic (exact) mass is 204 g/mol. The van der Waals surface area contributed by atoms with Gasteiger partial charge >= 0.3 is 0 Å². The third-order valence-corrected chi connectivity index (χ3v) is 1.45. The number of alkyl halides is 1. The molecule has 1 rings (SSSR count). The molecule has 0 aliphatic carbocycles. The highest BCUT2D eigenvalue weighted by atomic mass is 79.9. The Kier molecular flexibility index (Phi) is 8.42. The fourth-order valence-electron chi connectivity index (χ4n) is 0.349. The largest absolute Gasteiger partial charge is 0.351 e. The predicted molar refractivity (Wildman–Crippen MR) is 47.3 cm³/mol. The van der Waals surface area contributed by atoms with Crippen LogP contribution in [0.4, 0.5) is 0 Å². The third-order valence-electron chi connectivity index (χ3n) is 0.893. The van der Waals surface area contributed by atoms with Crippen molar-refractivity contribution in [2.45, 2.75) is 19.8 Å². The summed E-state index contributed by atoms with van der Waals surface area (Å²) < 4.78 is 0. The molecule has 0 amide bonds. The van der Waals surface area contributed by atoms with E-state index in [2.05, 4.69) is 32.8 Å². The fraction of sp³-hybridized carbons (Fsp3) is 0.571. The van der Waals surface area contributed by atoms with Crippen LogP contribution in [0.3, 0.4) is 0 Å². The van der Waals surface area contributed by atoms with Gasteiger partial charge in [-0.2, -0.15) is 0 Å². The van der Waals surface area contributed by atoms with Gasteiger partial charge in [0, 0.05) is 17.7 Å². The van der Waals surface area contributed by atoms with Gasteiger partial charge in [-0.25, -0.2) is 4.98 Å². The molecule has 1 N–H and O–H groups in total. The highest BCUT2D eigenvalue weighted by Crippen LogP contribution is 1.89. The van der Waals surface area contributed by atoms with Crippen LogP contribution in [0.1, 0.15) is 19.8 Å². The van der Waals surface area contributed by atoms with Crippen LogP contribution in [-0.2, 0) is 0 Å². The van der Waals surface area contributed by atoms with E-state index < -0.39 is 0 Å². The summed E-state index contributed by atoms with van der Waals surface area (Å²) in [5.41, 5.74) is 0. The average Bonchev–Trinajstić information content (AvgIpc) is 2.44. The zero-order chi connectivity index (χ0) is 7.66. The molecule has 0 fully saturated rings. The van der Waals surface area contributed by atoms with E-state index in [0.717, 1.165) is 5.33 Å². The van der Waals surface area contributed by atoms with Gasteiger partial charge in [-0.05, 0) is 6.42 Å². The zero-order valence-corrected chi connectivity index (χ0v) is 7.76. The van der Waals surface area contributed by atoms with Crippen LogP contribution in [0.5, 0.6) is 0 Å². The maximum absolute atomic E-state index is 3.67. The number of halogens is 1. The molecule has 2 nitrogen and oxygen atoms in total. The minimum absolute atomic E-state index is 1.16. The number of aromatic amines is 1. The van der Waals surface area contributed by atoms with Crippen molar-refractivity contribution >= 4 is 15.9 Å². The van der Waals surface area contributed by atoms with E-state index in [4.69, 9.17) is 0 Å². The number of unbranched alkanes of at least 4 members (excludes halogenated alkanes) is 1. The van der Waals surface area contributed by atoms with E-state index in [0.29, 0.717) is 0 Å². The van der Waals surface area contributed by atoms with E-state index in [9.17, 15) is 0 Å². The Morgan fingerprint density at radius 3 is 2.50 bits per heavy atom. The molecule has 1 aromatic rings. The van der Waals surface area contributed by atoms with Crippen LogP contribution in [0, 0.1) is 0 Å². The van der Waals surface area contributed by atoms with Crippen molar-refractivity contribution in [3.8, 4) is 0 Å². The molecule has 0 saturated heterocycles. The van der Waals surface area contributed by atoms with E-state index in [-0.39, 0.29) is 0 Å². The van der Waals surface area contributed by atoms with Crippen molar-refractivity contribution in [3.63, 3.8) is 0 Å². The summed E-state index contributed by atoms with van der Waals surface area (Å²) in [6, 6.07) is 0. The van der Waals surface area contributed by atoms with Crippen LogP contribution in [-0.4, -0.2) is 15.3 Å². The van der Waals surface area contributed by atoms with E-state index in [1.165, 1.54) is 12.8 Å². The van der Waals surface area contributed by atoms with Crippen molar-refractivity contribution < 1.29 is 0 Å². The van der Waals surface area contributed by atoms with Gasteiger partial charge in [-0.1, -0.05) is 29.3 Å². The van der Waals surface area contributed by atoms with Crippen molar-refractivity contribution in [2.24, 2.45) is 0 Å². The van der Waals surface area contributed by atoms with Gasteiger partial charge in [0.05, 0.1) is 6.33 Å². The van der Waals surface area contributed by atoms with E-state index >= 15 is 0 Å². The quantitative estimate of drug-likeness (QED) is 0.738. The maximum atomic E-state index is 3.67. The first-order chi connectivity index (χ1) is 4.91. The Morgan fingerprint density at radius 2 is 2.40 bits per heavy atom. The molecule has 58 valence electrons. The van der Waals surface area contributed by atoms with Gasteiger partial charge in [-0.15, -0.1) is 0 Å². The van der Waals surface area contributed by atoms with Crippen LogP contribution < -0.4 is 0 Å². The van der Waals surface area contributed by atoms with E-state index in [1.54, 1.807) is 18.7 Å². The molecule has 10 heavy (non-hydrogen) atoms. The molecule has 0 aromatic carbocycles. The van der Waals surface area contributed by atoms with Crippen LogP contribution >= 0.6 is 15.9 Å². The van der Waals surface area contributed by atoms with Gasteiger partial charge in [0.25, 0.3) is 0 Å². The summed E-state index contributed by atoms with van der Waals surface area (Å²) in [5.74, 6) is 0. The van der Waals surface area contributed by atoms with Gasteiger partial charge in [0.15, 0.2) is 0 Å². The molecular formula is C7H13BrN2. The summed E-state index contributed by atoms with van der Waals surface area (Å²) in [5, 5.41) is 1.16. The normalized spacial score (nSPS) is 8.20. The molecule has 0 unspecified atom stereocenters. The number of aromatic nitrogens is 2. The Hall–Kier alpha value is -0.310. The first-order valence-electron chi connectivity index (χ1n) is 3.40. The van der Waals surface area contributed by atoms with Crippen LogP contribution in [0.2, 0.25) is 0 Å². The first kappa shape index (κ1) is 9.69. The van der Waals surface area contributed by atoms with Crippen molar-refractivity contribution in [1.29, 1.82) is 0 Å². The smallest absolute Gasteiger partial charge is 0.0919 e. The molecular weight excluding hydrogens is 192 g/mol. The average molecular weight is 205 g/mol. The van der Waals surface area contributed by atoms with Crippen molar-refractivity contribution in [3.05, 3.63) is 18.7 Å². The number of nitrogens with one attached hydrogen (secondary N) is 1. The summed E-state index contributed by atoms with van der Waals surface area (Å²) in [6.07, 6.45) is 7.69. The molecule has 0 aliphatic heterocycles. The Labute approximate surface area is 70.2 Å². The Bertz CT molecular complexity index is 97.9. The Balaban J connectivity index is 0.000000162. The van der Waals surface area contributed by atoms with Gasteiger partial charge in [0.1, 0.15) is 0 Å². The second-order valence-electron chi connectivity index (χ2n) is 1.80. The summed E-state index contributed by atoms with van der Waals surface area (Å²) in [6.45, 7) is 2.18. The fourth-order valence-corrected chi connectivity index (χ4v) is 0.910. The molecule has 0 saturated carbocycles. The van der Waals surface area contributed by atoms with Crippen LogP contribution in [0.25, 0.3) is 0 Å². The first-order valence-corrected chi connectivity index (χ1v) is 4.52. The molecule has 0 atom stereocenters. The van der Waals surface area contributed by atoms with Crippen molar-refractivity contribution in [1.82, 2.24) is 9.97 Å².